The highest BCUT2D eigenvalue weighted by Crippen LogP contribution is 2.22. The van der Waals surface area contributed by atoms with Crippen LogP contribution in [0.2, 0.25) is 0 Å². The smallest absolute Gasteiger partial charge is 0.223 e. The van der Waals surface area contributed by atoms with Crippen molar-refractivity contribution in [3.05, 3.63) is 54.0 Å². The van der Waals surface area contributed by atoms with Crippen molar-refractivity contribution in [3.8, 4) is 0 Å². The van der Waals surface area contributed by atoms with Crippen LogP contribution < -0.4 is 5.32 Å². The molecule has 0 radical (unpaired) electrons. The van der Waals surface area contributed by atoms with E-state index in [2.05, 4.69) is 20.5 Å². The average Bonchev–Trinajstić information content (AvgIpc) is 3.10. The molecule has 1 aromatic carbocycles. The lowest BCUT2D eigenvalue weighted by Gasteiger charge is -2.04. The van der Waals surface area contributed by atoms with Gasteiger partial charge in [0.15, 0.2) is 0 Å². The molecule has 0 amide bonds. The van der Waals surface area contributed by atoms with Gasteiger partial charge in [-0.05, 0) is 24.6 Å². The highest BCUT2D eigenvalue weighted by atomic mass is 32.2. The number of anilines is 2. The minimum Gasteiger partial charge on any atom is -0.472 e. The Morgan fingerprint density at radius 2 is 2.20 bits per heavy atom. The summed E-state index contributed by atoms with van der Waals surface area (Å²) in [5, 5.41) is 11.0. The van der Waals surface area contributed by atoms with Gasteiger partial charge < -0.3 is 9.73 Å². The average molecular weight is 286 g/mol. The molecule has 2 heterocycles. The summed E-state index contributed by atoms with van der Waals surface area (Å²) in [6.45, 7) is 2.05. The van der Waals surface area contributed by atoms with Crippen molar-refractivity contribution in [1.82, 2.24) is 15.2 Å². The summed E-state index contributed by atoms with van der Waals surface area (Å²) in [6, 6.07) is 9.99. The Bertz CT molecular complexity index is 678. The largest absolute Gasteiger partial charge is 0.472 e. The van der Waals surface area contributed by atoms with E-state index in [1.165, 1.54) is 0 Å². The zero-order valence-corrected chi connectivity index (χ0v) is 11.8. The lowest BCUT2D eigenvalue weighted by atomic mass is 10.2. The van der Waals surface area contributed by atoms with Crippen LogP contribution in [-0.4, -0.2) is 15.2 Å². The third kappa shape index (κ3) is 3.03. The Kier molecular flexibility index (Phi) is 3.73. The molecule has 0 aliphatic heterocycles. The van der Waals surface area contributed by atoms with Gasteiger partial charge in [-0.3, -0.25) is 0 Å². The molecule has 102 valence electrons. The molecule has 2 N–H and O–H groups in total. The number of aryl methyl sites for hydroxylation is 1. The highest BCUT2D eigenvalue weighted by molar-refractivity contribution is 7.98. The van der Waals surface area contributed by atoms with Crippen LogP contribution in [0.3, 0.4) is 0 Å². The van der Waals surface area contributed by atoms with Gasteiger partial charge in [-0.1, -0.05) is 30.0 Å². The number of nitrogens with one attached hydrogen (secondary N) is 2. The Hall–Kier alpha value is -2.21. The normalized spacial score (nSPS) is 10.7. The molecular weight excluding hydrogens is 272 g/mol. The van der Waals surface area contributed by atoms with Gasteiger partial charge in [-0.15, -0.1) is 5.10 Å². The minimum atomic E-state index is 0.647. The van der Waals surface area contributed by atoms with E-state index in [-0.39, 0.29) is 0 Å². The predicted octanol–water partition coefficient (Wildman–Crippen LogP) is 3.74. The second-order valence-corrected chi connectivity index (χ2v) is 5.27. The van der Waals surface area contributed by atoms with E-state index in [1.54, 1.807) is 24.3 Å². The van der Waals surface area contributed by atoms with Crippen LogP contribution in [0.15, 0.2) is 52.4 Å². The fourth-order valence-electron chi connectivity index (χ4n) is 1.73. The molecule has 0 aliphatic carbocycles. The van der Waals surface area contributed by atoms with Gasteiger partial charge in [0.1, 0.15) is 0 Å². The maximum Gasteiger partial charge on any atom is 0.223 e. The van der Waals surface area contributed by atoms with Crippen molar-refractivity contribution in [2.24, 2.45) is 0 Å². The topological polar surface area (TPSA) is 66.7 Å². The first kappa shape index (κ1) is 12.8. The molecule has 0 saturated carbocycles. The van der Waals surface area contributed by atoms with E-state index in [0.29, 0.717) is 11.1 Å². The monoisotopic (exact) mass is 286 g/mol. The first-order valence-corrected chi connectivity index (χ1v) is 7.19. The van der Waals surface area contributed by atoms with Crippen molar-refractivity contribution in [1.29, 1.82) is 0 Å². The third-order valence-electron chi connectivity index (χ3n) is 2.81. The summed E-state index contributed by atoms with van der Waals surface area (Å²) in [6.07, 6.45) is 3.39. The second kappa shape index (κ2) is 5.83. The highest BCUT2D eigenvalue weighted by Gasteiger charge is 2.06. The summed E-state index contributed by atoms with van der Waals surface area (Å²) < 4.78 is 5.03. The van der Waals surface area contributed by atoms with Crippen molar-refractivity contribution in [3.63, 3.8) is 0 Å². The van der Waals surface area contributed by atoms with Crippen LogP contribution in [-0.2, 0) is 5.75 Å². The summed E-state index contributed by atoms with van der Waals surface area (Å²) in [5.41, 5.74) is 3.31. The van der Waals surface area contributed by atoms with E-state index in [0.717, 1.165) is 22.6 Å². The fourth-order valence-corrected chi connectivity index (χ4v) is 2.46. The van der Waals surface area contributed by atoms with Crippen molar-refractivity contribution < 1.29 is 4.42 Å². The van der Waals surface area contributed by atoms with Crippen LogP contribution in [0.1, 0.15) is 11.1 Å². The number of rotatable bonds is 5. The first-order chi connectivity index (χ1) is 9.81. The van der Waals surface area contributed by atoms with Gasteiger partial charge in [0, 0.05) is 17.0 Å². The van der Waals surface area contributed by atoms with E-state index in [9.17, 15) is 0 Å². The van der Waals surface area contributed by atoms with Crippen LogP contribution in [0, 0.1) is 6.92 Å². The van der Waals surface area contributed by atoms with Crippen LogP contribution in [0.25, 0.3) is 0 Å². The molecule has 5 nitrogen and oxygen atoms in total. The lowest BCUT2D eigenvalue weighted by Crippen LogP contribution is -1.94. The standard InChI is InChI=1S/C14H14N4OS/c1-10-4-2-3-5-12(10)15-13-16-14(18-17-13)20-9-11-6-7-19-8-11/h2-8H,9H2,1H3,(H2,15,16,17,18). The molecule has 0 saturated heterocycles. The number of para-hydroxylation sites is 1. The molecule has 20 heavy (non-hydrogen) atoms. The van der Waals surface area contributed by atoms with Gasteiger partial charge >= 0.3 is 0 Å². The molecule has 0 fully saturated rings. The Morgan fingerprint density at radius 3 is 3.00 bits per heavy atom. The van der Waals surface area contributed by atoms with Crippen LogP contribution in [0.4, 0.5) is 11.6 Å². The maximum atomic E-state index is 5.03. The van der Waals surface area contributed by atoms with Gasteiger partial charge in [0.25, 0.3) is 0 Å². The predicted molar refractivity (Wildman–Crippen MR) is 79.1 cm³/mol. The van der Waals surface area contributed by atoms with Gasteiger partial charge in [0.2, 0.25) is 11.1 Å². The number of hydrogen-bond donors (Lipinski definition) is 2. The number of furan rings is 1. The minimum absolute atomic E-state index is 0.647. The number of thioether (sulfide) groups is 1. The first-order valence-electron chi connectivity index (χ1n) is 6.20. The number of nitrogens with zero attached hydrogens (tertiary/aromatic N) is 2. The van der Waals surface area contributed by atoms with Crippen molar-refractivity contribution in [2.45, 2.75) is 17.8 Å². The number of H-pyrrole nitrogens is 1. The summed E-state index contributed by atoms with van der Waals surface area (Å²) in [4.78, 5) is 4.40. The van der Waals surface area contributed by atoms with Crippen molar-refractivity contribution in [2.75, 3.05) is 5.32 Å². The molecule has 0 spiro atoms. The van der Waals surface area contributed by atoms with E-state index >= 15 is 0 Å². The molecule has 0 bridgehead atoms. The van der Waals surface area contributed by atoms with Gasteiger partial charge in [0.05, 0.1) is 12.5 Å². The maximum absolute atomic E-state index is 5.03. The molecule has 2 aromatic heterocycles. The molecule has 0 atom stereocenters. The van der Waals surface area contributed by atoms with E-state index in [4.69, 9.17) is 4.42 Å². The quantitative estimate of drug-likeness (QED) is 0.699. The molecule has 3 rings (SSSR count). The lowest BCUT2D eigenvalue weighted by molar-refractivity contribution is 0.565. The third-order valence-corrected chi connectivity index (χ3v) is 3.73. The van der Waals surface area contributed by atoms with E-state index < -0.39 is 0 Å². The van der Waals surface area contributed by atoms with E-state index in [1.807, 2.05) is 37.3 Å². The van der Waals surface area contributed by atoms with Crippen LogP contribution >= 0.6 is 11.8 Å². The van der Waals surface area contributed by atoms with Gasteiger partial charge in [-0.25, -0.2) is 5.10 Å². The Labute approximate surface area is 120 Å². The zero-order valence-electron chi connectivity index (χ0n) is 11.0. The molecule has 0 aliphatic rings. The molecule has 3 aromatic rings. The Morgan fingerprint density at radius 1 is 1.30 bits per heavy atom. The fraction of sp³-hybridized carbons (Fsp3) is 0.143. The SMILES string of the molecule is Cc1ccccc1Nc1nc(SCc2ccoc2)n[nH]1. The molecule has 6 heteroatoms. The Balaban J connectivity index is 1.63. The molecular formula is C14H14N4OS. The summed E-state index contributed by atoms with van der Waals surface area (Å²) in [5.74, 6) is 1.44. The second-order valence-electron chi connectivity index (χ2n) is 4.33. The summed E-state index contributed by atoms with van der Waals surface area (Å²) >= 11 is 1.56. The zero-order chi connectivity index (χ0) is 13.8. The number of aromatic nitrogens is 3. The summed E-state index contributed by atoms with van der Waals surface area (Å²) in [7, 11) is 0. The van der Waals surface area contributed by atoms with Gasteiger partial charge in [-0.2, -0.15) is 4.98 Å². The number of hydrogen-bond acceptors (Lipinski definition) is 5. The van der Waals surface area contributed by atoms with Crippen molar-refractivity contribution >= 4 is 23.4 Å². The van der Waals surface area contributed by atoms with Crippen LogP contribution in [0.5, 0.6) is 0 Å². The molecule has 0 unspecified atom stereocenters. The number of aromatic amines is 1. The number of benzene rings is 1.